The van der Waals surface area contributed by atoms with Gasteiger partial charge in [0.05, 0.1) is 0 Å². The highest BCUT2D eigenvalue weighted by Gasteiger charge is 2.33. The molecule has 2 aromatic carbocycles. The molecule has 0 unspecified atom stereocenters. The first kappa shape index (κ1) is 34.1. The van der Waals surface area contributed by atoms with Crippen LogP contribution in [0.25, 0.3) is 22.5 Å². The van der Waals surface area contributed by atoms with Crippen LogP contribution in [0.1, 0.15) is 66.3 Å². The molecule has 0 amide bonds. The zero-order valence-electron chi connectivity index (χ0n) is 25.4. The van der Waals surface area contributed by atoms with Gasteiger partial charge in [-0.05, 0) is 49.1 Å². The number of carbonyl (C=O) groups excluding carboxylic acids is 1. The number of nitrogens with one attached hydrogen (secondary N) is 1. The second kappa shape index (κ2) is 14.1. The third-order valence-electron chi connectivity index (χ3n) is 6.58. The molecule has 5 rings (SSSR count). The Morgan fingerprint density at radius 3 is 2.26 bits per heavy atom. The second-order valence-corrected chi connectivity index (χ2v) is 11.6. The zero-order chi connectivity index (χ0) is 33.6. The molecule has 17 heteroatoms. The van der Waals surface area contributed by atoms with Gasteiger partial charge in [-0.25, -0.2) is 19.1 Å². The SMILES string of the molecule is CCCc1nc(C(C)(C)O)c(C(=O)OCc2oc(=O)oc2C)n1Cc1ccc(-c2ccccc2-c2nn[nH]n2)cc1.O=P(O)(O)O. The fourth-order valence-corrected chi connectivity index (χ4v) is 4.60. The molecule has 0 bridgehead atoms. The van der Waals surface area contributed by atoms with Crippen LogP contribution in [0.15, 0.2) is 62.2 Å². The predicted molar refractivity (Wildman–Crippen MR) is 161 cm³/mol. The number of hydrogen-bond acceptors (Lipinski definition) is 11. The summed E-state index contributed by atoms with van der Waals surface area (Å²) >= 11 is 0. The Labute approximate surface area is 261 Å². The van der Waals surface area contributed by atoms with Crippen LogP contribution in [-0.4, -0.2) is 55.9 Å². The van der Waals surface area contributed by atoms with Crippen LogP contribution < -0.4 is 5.82 Å². The Balaban J connectivity index is 0.000000892. The quantitative estimate of drug-likeness (QED) is 0.107. The molecule has 16 nitrogen and oxygen atoms in total. The van der Waals surface area contributed by atoms with Crippen molar-refractivity contribution in [2.75, 3.05) is 0 Å². The van der Waals surface area contributed by atoms with Gasteiger partial charge in [0.1, 0.15) is 17.1 Å². The summed E-state index contributed by atoms with van der Waals surface area (Å²) in [4.78, 5) is 51.1. The number of aromatic nitrogens is 6. The molecule has 0 atom stereocenters. The van der Waals surface area contributed by atoms with Gasteiger partial charge in [0.25, 0.3) is 0 Å². The summed E-state index contributed by atoms with van der Waals surface area (Å²) in [5.41, 5.74) is 2.60. The van der Waals surface area contributed by atoms with E-state index in [1.54, 1.807) is 25.3 Å². The van der Waals surface area contributed by atoms with Crippen LogP contribution in [0.3, 0.4) is 0 Å². The van der Waals surface area contributed by atoms with Crippen LogP contribution in [0, 0.1) is 6.92 Å². The lowest BCUT2D eigenvalue weighted by Gasteiger charge is -2.17. The smallest absolute Gasteiger partial charge is 0.453 e. The molecule has 5 N–H and O–H groups in total. The molecule has 0 saturated carbocycles. The summed E-state index contributed by atoms with van der Waals surface area (Å²) < 4.78 is 26.0. The van der Waals surface area contributed by atoms with E-state index in [1.165, 1.54) is 0 Å². The number of hydrogen-bond donors (Lipinski definition) is 5. The van der Waals surface area contributed by atoms with E-state index < -0.39 is 25.2 Å². The van der Waals surface area contributed by atoms with E-state index in [2.05, 4.69) is 25.6 Å². The lowest BCUT2D eigenvalue weighted by Crippen LogP contribution is -2.23. The Kier molecular flexibility index (Phi) is 10.5. The lowest BCUT2D eigenvalue weighted by atomic mass is 9.98. The van der Waals surface area contributed by atoms with E-state index >= 15 is 0 Å². The number of esters is 1. The summed E-state index contributed by atoms with van der Waals surface area (Å²) in [5.74, 6) is -0.0831. The maximum Gasteiger partial charge on any atom is 0.519 e. The number of ether oxygens (including phenoxy) is 1. The Bertz CT molecular complexity index is 1870. The number of benzene rings is 2. The van der Waals surface area contributed by atoms with Gasteiger partial charge in [-0.1, -0.05) is 55.5 Å². The summed E-state index contributed by atoms with van der Waals surface area (Å²) in [6.45, 7) is 6.72. The normalized spacial score (nSPS) is 11.7. The van der Waals surface area contributed by atoms with Gasteiger partial charge in [-0.15, -0.1) is 10.2 Å². The fourth-order valence-electron chi connectivity index (χ4n) is 4.60. The average Bonchev–Trinajstić information content (AvgIpc) is 3.71. The van der Waals surface area contributed by atoms with Gasteiger partial charge in [0, 0.05) is 18.5 Å². The number of carbonyl (C=O) groups is 1. The van der Waals surface area contributed by atoms with Crippen molar-refractivity contribution in [1.29, 1.82) is 0 Å². The predicted octanol–water partition coefficient (Wildman–Crippen LogP) is 3.24. The Hall–Kier alpha value is -4.73. The number of imidazole rings is 1. The summed E-state index contributed by atoms with van der Waals surface area (Å²) in [7, 11) is -4.64. The van der Waals surface area contributed by atoms with Crippen LogP contribution in [-0.2, 0) is 34.5 Å². The van der Waals surface area contributed by atoms with Crippen LogP contribution >= 0.6 is 7.82 Å². The number of H-pyrrole nitrogens is 1. The number of rotatable bonds is 10. The van der Waals surface area contributed by atoms with E-state index in [9.17, 15) is 14.7 Å². The van der Waals surface area contributed by atoms with Crippen molar-refractivity contribution in [3.63, 3.8) is 0 Å². The first-order chi connectivity index (χ1) is 21.7. The van der Waals surface area contributed by atoms with E-state index in [1.807, 2.05) is 55.5 Å². The molecule has 0 aliphatic carbocycles. The highest BCUT2D eigenvalue weighted by atomic mass is 31.2. The third kappa shape index (κ3) is 8.71. The van der Waals surface area contributed by atoms with E-state index in [0.717, 1.165) is 28.7 Å². The van der Waals surface area contributed by atoms with Gasteiger partial charge in [-0.2, -0.15) is 5.21 Å². The van der Waals surface area contributed by atoms with Gasteiger partial charge < -0.3 is 37.9 Å². The van der Waals surface area contributed by atoms with Gasteiger partial charge in [-0.3, -0.25) is 0 Å². The zero-order valence-corrected chi connectivity index (χ0v) is 26.3. The molecular formula is C29H33N6O10P. The topological polar surface area (TPSA) is 240 Å². The molecule has 0 saturated heterocycles. The molecule has 0 radical (unpaired) electrons. The average molecular weight is 657 g/mol. The molecule has 46 heavy (non-hydrogen) atoms. The van der Waals surface area contributed by atoms with E-state index in [0.29, 0.717) is 24.6 Å². The minimum atomic E-state index is -4.64. The standard InChI is InChI=1S/C29H30N6O6.H3O4P/c1-5-8-23-30-25(29(3,4)38)24(27(36)39-16-22-17(2)40-28(37)41-22)35(23)15-18-11-13-19(14-12-18)20-9-6-7-10-21(20)26-31-33-34-32-26;1-5(2,3)4/h6-7,9-14,38H,5,8,15-16H2,1-4H3,(H,31,32,33,34);(H3,1,2,3,4). The van der Waals surface area contributed by atoms with Crippen molar-refractivity contribution in [3.8, 4) is 22.5 Å². The monoisotopic (exact) mass is 656 g/mol. The molecule has 0 fully saturated rings. The number of aryl methyl sites for hydroxylation is 2. The summed E-state index contributed by atoms with van der Waals surface area (Å²) in [6.07, 6.45) is 1.37. The van der Waals surface area contributed by atoms with Crippen LogP contribution in [0.4, 0.5) is 0 Å². The molecule has 5 aromatic rings. The van der Waals surface area contributed by atoms with Crippen LogP contribution in [0.5, 0.6) is 0 Å². The highest BCUT2D eigenvalue weighted by molar-refractivity contribution is 7.45. The van der Waals surface area contributed by atoms with Crippen molar-refractivity contribution >= 4 is 13.8 Å². The molecule has 0 aliphatic rings. The summed E-state index contributed by atoms with van der Waals surface area (Å²) in [5, 5.41) is 25.3. The van der Waals surface area contributed by atoms with Crippen molar-refractivity contribution in [2.45, 2.75) is 59.3 Å². The lowest BCUT2D eigenvalue weighted by molar-refractivity contribution is 0.0395. The molecule has 0 aliphatic heterocycles. The van der Waals surface area contributed by atoms with Gasteiger partial charge in [0.15, 0.2) is 23.8 Å². The van der Waals surface area contributed by atoms with Crippen molar-refractivity contribution < 1.29 is 42.7 Å². The van der Waals surface area contributed by atoms with E-state index in [-0.39, 0.29) is 29.5 Å². The highest BCUT2D eigenvalue weighted by Crippen LogP contribution is 2.31. The maximum atomic E-state index is 13.5. The van der Waals surface area contributed by atoms with Crippen molar-refractivity contribution in [3.05, 3.63) is 93.4 Å². The Morgan fingerprint density at radius 2 is 1.72 bits per heavy atom. The maximum absolute atomic E-state index is 13.5. The number of nitrogens with zero attached hydrogens (tertiary/aromatic N) is 5. The number of phosphoric acid groups is 1. The summed E-state index contributed by atoms with van der Waals surface area (Å²) in [6, 6.07) is 15.7. The number of aromatic amines is 1. The van der Waals surface area contributed by atoms with Gasteiger partial charge in [0.2, 0.25) is 5.82 Å². The molecule has 3 heterocycles. The van der Waals surface area contributed by atoms with E-state index in [4.69, 9.17) is 32.8 Å². The van der Waals surface area contributed by atoms with Gasteiger partial charge >= 0.3 is 19.6 Å². The number of aliphatic hydroxyl groups is 1. The molecule has 0 spiro atoms. The van der Waals surface area contributed by atoms with Crippen LogP contribution in [0.2, 0.25) is 0 Å². The number of tetrazole rings is 1. The fraction of sp³-hybridized carbons (Fsp3) is 0.310. The minimum absolute atomic E-state index is 0.115. The Morgan fingerprint density at radius 1 is 1.07 bits per heavy atom. The minimum Gasteiger partial charge on any atom is -0.453 e. The molecular weight excluding hydrogens is 623 g/mol. The largest absolute Gasteiger partial charge is 0.519 e. The molecule has 244 valence electrons. The van der Waals surface area contributed by atoms with Crippen molar-refractivity contribution in [2.24, 2.45) is 0 Å². The molecule has 3 aromatic heterocycles. The second-order valence-electron chi connectivity index (χ2n) is 10.6. The first-order valence-corrected chi connectivity index (χ1v) is 15.5. The third-order valence-corrected chi connectivity index (χ3v) is 6.58. The first-order valence-electron chi connectivity index (χ1n) is 13.9. The van der Waals surface area contributed by atoms with Crippen molar-refractivity contribution in [1.82, 2.24) is 30.2 Å².